The van der Waals surface area contributed by atoms with E-state index in [0.717, 1.165) is 12.1 Å². The number of carboxylic acid groups (broad SMARTS) is 1. The van der Waals surface area contributed by atoms with Crippen molar-refractivity contribution in [2.75, 3.05) is 0 Å². The number of hydrogen-bond acceptors (Lipinski definition) is 3. The lowest BCUT2D eigenvalue weighted by molar-refractivity contribution is -0.139. The standard InChI is InChI=1S/C14H23N3O2/c1-2-5-13(14(18)19)15-10-11-8-9-17(16-11)12-6-3-4-7-12/h8-9,12-13,15H,2-7,10H2,1H3,(H,18,19). The van der Waals surface area contributed by atoms with E-state index in [1.807, 2.05) is 23.9 Å². The van der Waals surface area contributed by atoms with E-state index in [2.05, 4.69) is 10.4 Å². The lowest BCUT2D eigenvalue weighted by Gasteiger charge is -2.12. The maximum atomic E-state index is 11.0. The van der Waals surface area contributed by atoms with E-state index < -0.39 is 12.0 Å². The van der Waals surface area contributed by atoms with E-state index in [0.29, 0.717) is 19.0 Å². The summed E-state index contributed by atoms with van der Waals surface area (Å²) in [5.41, 5.74) is 0.925. The summed E-state index contributed by atoms with van der Waals surface area (Å²) in [4.78, 5) is 11.0. The van der Waals surface area contributed by atoms with Crippen molar-refractivity contribution < 1.29 is 9.90 Å². The third-order valence-corrected chi connectivity index (χ3v) is 3.77. The Bertz CT molecular complexity index is 411. The van der Waals surface area contributed by atoms with Gasteiger partial charge in [-0.2, -0.15) is 5.10 Å². The fourth-order valence-electron chi connectivity index (χ4n) is 2.67. The molecule has 0 aromatic carbocycles. The third kappa shape index (κ3) is 3.80. The van der Waals surface area contributed by atoms with Gasteiger partial charge < -0.3 is 5.11 Å². The quantitative estimate of drug-likeness (QED) is 0.794. The maximum Gasteiger partial charge on any atom is 0.320 e. The average Bonchev–Trinajstić information content (AvgIpc) is 3.04. The Labute approximate surface area is 114 Å². The van der Waals surface area contributed by atoms with Crippen LogP contribution < -0.4 is 5.32 Å². The van der Waals surface area contributed by atoms with Crippen LogP contribution in [0.5, 0.6) is 0 Å². The molecule has 1 fully saturated rings. The number of carboxylic acids is 1. The lowest BCUT2D eigenvalue weighted by Crippen LogP contribution is -2.36. The molecule has 1 aliphatic carbocycles. The molecule has 1 unspecified atom stereocenters. The van der Waals surface area contributed by atoms with Gasteiger partial charge in [-0.25, -0.2) is 0 Å². The SMILES string of the molecule is CCCC(NCc1ccn(C2CCCC2)n1)C(=O)O. The minimum atomic E-state index is -0.780. The second-order valence-corrected chi connectivity index (χ2v) is 5.29. The molecule has 19 heavy (non-hydrogen) atoms. The van der Waals surface area contributed by atoms with Gasteiger partial charge in [-0.15, -0.1) is 0 Å². The van der Waals surface area contributed by atoms with E-state index in [1.54, 1.807) is 0 Å². The number of nitrogens with one attached hydrogen (secondary N) is 1. The van der Waals surface area contributed by atoms with Crippen molar-refractivity contribution in [3.63, 3.8) is 0 Å². The smallest absolute Gasteiger partial charge is 0.320 e. The molecule has 0 bridgehead atoms. The molecular formula is C14H23N3O2. The van der Waals surface area contributed by atoms with Gasteiger partial charge in [0.1, 0.15) is 6.04 Å². The molecule has 1 aliphatic rings. The van der Waals surface area contributed by atoms with Crippen molar-refractivity contribution in [2.24, 2.45) is 0 Å². The number of rotatable bonds is 7. The molecule has 0 saturated heterocycles. The molecule has 5 heteroatoms. The van der Waals surface area contributed by atoms with Gasteiger partial charge in [0.2, 0.25) is 0 Å². The molecule has 1 aromatic heterocycles. The number of carbonyl (C=O) groups is 1. The second kappa shape index (κ2) is 6.70. The van der Waals surface area contributed by atoms with E-state index >= 15 is 0 Å². The van der Waals surface area contributed by atoms with Crippen LogP contribution in [-0.4, -0.2) is 26.9 Å². The molecule has 2 N–H and O–H groups in total. The fourth-order valence-corrected chi connectivity index (χ4v) is 2.67. The minimum Gasteiger partial charge on any atom is -0.480 e. The molecule has 106 valence electrons. The monoisotopic (exact) mass is 265 g/mol. The third-order valence-electron chi connectivity index (χ3n) is 3.77. The number of nitrogens with zero attached hydrogens (tertiary/aromatic N) is 2. The van der Waals surface area contributed by atoms with Gasteiger partial charge >= 0.3 is 5.97 Å². The van der Waals surface area contributed by atoms with Crippen LogP contribution in [0.15, 0.2) is 12.3 Å². The summed E-state index contributed by atoms with van der Waals surface area (Å²) in [5, 5.41) is 16.7. The highest BCUT2D eigenvalue weighted by atomic mass is 16.4. The van der Waals surface area contributed by atoms with Crippen molar-refractivity contribution in [2.45, 2.75) is 64.1 Å². The highest BCUT2D eigenvalue weighted by Gasteiger charge is 2.18. The van der Waals surface area contributed by atoms with Crippen molar-refractivity contribution in [1.29, 1.82) is 0 Å². The first-order chi connectivity index (χ1) is 9.20. The van der Waals surface area contributed by atoms with Crippen LogP contribution in [0.3, 0.4) is 0 Å². The van der Waals surface area contributed by atoms with Crippen molar-refractivity contribution in [1.82, 2.24) is 15.1 Å². The zero-order chi connectivity index (χ0) is 13.7. The molecule has 0 spiro atoms. The molecule has 0 amide bonds. The minimum absolute atomic E-state index is 0.471. The summed E-state index contributed by atoms with van der Waals surface area (Å²) in [5.74, 6) is -0.780. The van der Waals surface area contributed by atoms with Gasteiger partial charge in [0, 0.05) is 12.7 Å². The zero-order valence-electron chi connectivity index (χ0n) is 11.5. The molecule has 1 atom stereocenters. The van der Waals surface area contributed by atoms with E-state index in [-0.39, 0.29) is 0 Å². The number of aliphatic carboxylic acids is 1. The van der Waals surface area contributed by atoms with E-state index in [1.165, 1.54) is 25.7 Å². The van der Waals surface area contributed by atoms with E-state index in [9.17, 15) is 4.79 Å². The van der Waals surface area contributed by atoms with E-state index in [4.69, 9.17) is 5.11 Å². The van der Waals surface area contributed by atoms with Gasteiger partial charge in [-0.1, -0.05) is 26.2 Å². The summed E-state index contributed by atoms with van der Waals surface area (Å²) < 4.78 is 2.04. The Hall–Kier alpha value is -1.36. The van der Waals surface area contributed by atoms with Crippen LogP contribution in [0, 0.1) is 0 Å². The van der Waals surface area contributed by atoms with Crippen LogP contribution in [0.4, 0.5) is 0 Å². The first kappa shape index (κ1) is 14.1. The van der Waals surface area contributed by atoms with Crippen LogP contribution in [0.2, 0.25) is 0 Å². The van der Waals surface area contributed by atoms with Crippen LogP contribution >= 0.6 is 0 Å². The molecule has 1 heterocycles. The van der Waals surface area contributed by atoms with Crippen LogP contribution in [0.25, 0.3) is 0 Å². The number of hydrogen-bond donors (Lipinski definition) is 2. The average molecular weight is 265 g/mol. The molecule has 0 aliphatic heterocycles. The highest BCUT2D eigenvalue weighted by Crippen LogP contribution is 2.28. The molecule has 2 rings (SSSR count). The molecular weight excluding hydrogens is 242 g/mol. The van der Waals surface area contributed by atoms with Crippen molar-refractivity contribution >= 4 is 5.97 Å². The van der Waals surface area contributed by atoms with Gasteiger partial charge in [0.25, 0.3) is 0 Å². The Balaban J connectivity index is 1.86. The van der Waals surface area contributed by atoms with Gasteiger partial charge in [0.05, 0.1) is 11.7 Å². The van der Waals surface area contributed by atoms with Crippen LogP contribution in [0.1, 0.15) is 57.2 Å². The predicted octanol–water partition coefficient (Wildman–Crippen LogP) is 2.34. The molecule has 5 nitrogen and oxygen atoms in total. The number of aromatic nitrogens is 2. The van der Waals surface area contributed by atoms with Crippen LogP contribution in [-0.2, 0) is 11.3 Å². The summed E-state index contributed by atoms with van der Waals surface area (Å²) >= 11 is 0. The summed E-state index contributed by atoms with van der Waals surface area (Å²) in [6, 6.07) is 2.05. The van der Waals surface area contributed by atoms with Gasteiger partial charge in [-0.05, 0) is 25.3 Å². The van der Waals surface area contributed by atoms with Crippen molar-refractivity contribution in [3.05, 3.63) is 18.0 Å². The Morgan fingerprint density at radius 1 is 1.58 bits per heavy atom. The highest BCUT2D eigenvalue weighted by molar-refractivity contribution is 5.73. The first-order valence-electron chi connectivity index (χ1n) is 7.21. The predicted molar refractivity (Wildman–Crippen MR) is 72.9 cm³/mol. The Kier molecular flexibility index (Phi) is 4.96. The molecule has 0 radical (unpaired) electrons. The van der Waals surface area contributed by atoms with Gasteiger partial charge in [-0.3, -0.25) is 14.8 Å². The second-order valence-electron chi connectivity index (χ2n) is 5.29. The molecule has 1 saturated carbocycles. The van der Waals surface area contributed by atoms with Gasteiger partial charge in [0.15, 0.2) is 0 Å². The normalized spacial score (nSPS) is 17.7. The summed E-state index contributed by atoms with van der Waals surface area (Å²) in [7, 11) is 0. The first-order valence-corrected chi connectivity index (χ1v) is 7.21. The Morgan fingerprint density at radius 2 is 2.32 bits per heavy atom. The zero-order valence-corrected chi connectivity index (χ0v) is 11.5. The topological polar surface area (TPSA) is 67.2 Å². The molecule has 1 aromatic rings. The largest absolute Gasteiger partial charge is 0.480 e. The lowest BCUT2D eigenvalue weighted by atomic mass is 10.1. The van der Waals surface area contributed by atoms with Crippen molar-refractivity contribution in [3.8, 4) is 0 Å². The fraction of sp³-hybridized carbons (Fsp3) is 0.714. The summed E-state index contributed by atoms with van der Waals surface area (Å²) in [6.07, 6.45) is 8.53. The summed E-state index contributed by atoms with van der Waals surface area (Å²) in [6.45, 7) is 2.52. The Morgan fingerprint density at radius 3 is 2.95 bits per heavy atom. The maximum absolute atomic E-state index is 11.0.